The van der Waals surface area contributed by atoms with E-state index in [1.165, 1.54) is 0 Å². The summed E-state index contributed by atoms with van der Waals surface area (Å²) in [4.78, 5) is 43.6. The summed E-state index contributed by atoms with van der Waals surface area (Å²) in [7, 11) is -14.6. The van der Waals surface area contributed by atoms with Gasteiger partial charge in [0.15, 0.2) is 11.6 Å². The first-order valence-electron chi connectivity index (χ1n) is 16.8. The van der Waals surface area contributed by atoms with E-state index in [0.717, 1.165) is 50.7 Å². The first-order valence-corrected chi connectivity index (χ1v) is 24.1. The standard InChI is InChI=1S/C31H15N9.C2H7NO5S2.CH5NO2S.CH4O3S.Cu/c1-2-9-17-16(8-1)24-33-25(17)35-27-20-12-5-6-13-21(20)29(37-27)39-31-23-22(14-7-15-32-23)30(40-31)38-28-19-11-4-3-10-18(19)26(34-24)36-28;1-9(4,5)3-2-10(6,7)8;2*1-5(2,3)4;/h1-15H;3H,2H2,1H3,(H,6,7,8);1H3,(H2,2,3,4);1H3,(H,2,3,4);/q-2;;;;+2. The normalized spacial score (nSPS) is 12.0. The van der Waals surface area contributed by atoms with Crippen LogP contribution in [0.2, 0.25) is 0 Å². The molecule has 4 aromatic heterocycles. The molecule has 0 saturated heterocycles. The Morgan fingerprint density at radius 3 is 1.28 bits per heavy atom. The van der Waals surface area contributed by atoms with Gasteiger partial charge in [-0.1, -0.05) is 72.8 Å². The third kappa shape index (κ3) is 12.4. The maximum Gasteiger partial charge on any atom is 2.00 e. The monoisotopic (exact) mass is 956 g/mol. The van der Waals surface area contributed by atoms with Crippen LogP contribution in [0.4, 0.5) is 0 Å². The minimum absolute atomic E-state index is 0. The molecule has 0 atom stereocenters. The van der Waals surface area contributed by atoms with Crippen LogP contribution in [0, 0.1) is 0 Å². The molecule has 9 rings (SSSR count). The summed E-state index contributed by atoms with van der Waals surface area (Å²) in [6.07, 6.45) is 4.17. The number of nitrogens with one attached hydrogen (secondary N) is 1. The first kappa shape index (κ1) is 46.4. The second-order valence-electron chi connectivity index (χ2n) is 12.7. The molecule has 0 aliphatic carbocycles. The van der Waals surface area contributed by atoms with Crippen molar-refractivity contribution in [1.29, 1.82) is 0 Å². The fourth-order valence-corrected chi connectivity index (χ4v) is 6.97. The minimum atomic E-state index is -4.25. The van der Waals surface area contributed by atoms with Crippen molar-refractivity contribution in [3.05, 3.63) is 91.1 Å². The van der Waals surface area contributed by atoms with E-state index in [0.29, 0.717) is 57.8 Å². The zero-order valence-corrected chi connectivity index (χ0v) is 35.8. The predicted molar refractivity (Wildman–Crippen MR) is 223 cm³/mol. The van der Waals surface area contributed by atoms with Gasteiger partial charge in [0.1, 0.15) is 11.6 Å². The number of primary sulfonamides is 1. The van der Waals surface area contributed by atoms with Gasteiger partial charge < -0.3 is 24.9 Å². The number of hydrogen-bond acceptors (Lipinski definition) is 15. The Morgan fingerprint density at radius 2 is 0.885 bits per heavy atom. The second kappa shape index (κ2) is 18.1. The van der Waals surface area contributed by atoms with Gasteiger partial charge in [-0.2, -0.15) is 21.6 Å². The molecular weight excluding hydrogens is 926 g/mol. The van der Waals surface area contributed by atoms with Gasteiger partial charge in [0, 0.05) is 45.5 Å². The van der Waals surface area contributed by atoms with Crippen LogP contribution in [0.3, 0.4) is 0 Å². The number of hydrogen-bond donors (Lipinski definition) is 4. The summed E-state index contributed by atoms with van der Waals surface area (Å²) in [5, 5.41) is 7.85. The summed E-state index contributed by atoms with van der Waals surface area (Å²) in [5.41, 5.74) is 5.31. The van der Waals surface area contributed by atoms with Gasteiger partial charge in [-0.15, -0.1) is 0 Å². The maximum absolute atomic E-state index is 10.2. The number of sulfonamides is 2. The number of rotatable bonds is 3. The van der Waals surface area contributed by atoms with Crippen LogP contribution in [0.25, 0.3) is 89.8 Å². The Balaban J connectivity index is 0.000000282. The first-order chi connectivity index (χ1) is 28.0. The number of nitrogens with two attached hydrogens (primary N) is 1. The Hall–Kier alpha value is -5.67. The second-order valence-corrected chi connectivity index (χ2v) is 19.1. The van der Waals surface area contributed by atoms with Crippen LogP contribution in [-0.2, 0) is 57.4 Å². The minimum Gasteiger partial charge on any atom is -0.357 e. The van der Waals surface area contributed by atoms with Crippen LogP contribution in [0.1, 0.15) is 0 Å². The summed E-state index contributed by atoms with van der Waals surface area (Å²) in [6, 6.07) is 27.5. The van der Waals surface area contributed by atoms with Crippen molar-refractivity contribution in [2.75, 3.05) is 24.6 Å². The van der Waals surface area contributed by atoms with Crippen LogP contribution in [0.5, 0.6) is 0 Å². The van der Waals surface area contributed by atoms with Crippen molar-refractivity contribution in [3.63, 3.8) is 0 Å². The van der Waals surface area contributed by atoms with E-state index >= 15 is 0 Å². The molecule has 0 unspecified atom stereocenters. The molecule has 321 valence electrons. The molecule has 6 heterocycles. The summed E-state index contributed by atoms with van der Waals surface area (Å²) in [5.74, 6) is 0.994. The molecule has 3 aromatic carbocycles. The number of nitrogens with zero attached hydrogens (tertiary/aromatic N) is 9. The van der Waals surface area contributed by atoms with Crippen molar-refractivity contribution in [1.82, 2.24) is 49.6 Å². The van der Waals surface area contributed by atoms with Crippen LogP contribution >= 0.6 is 0 Å². The summed E-state index contributed by atoms with van der Waals surface area (Å²) < 4.78 is 94.5. The Bertz CT molecular complexity index is 3200. The van der Waals surface area contributed by atoms with Gasteiger partial charge in [0.05, 0.1) is 30.4 Å². The number of benzene rings is 3. The summed E-state index contributed by atoms with van der Waals surface area (Å²) in [6.45, 7) is 0. The predicted octanol–water partition coefficient (Wildman–Crippen LogP) is 2.31. The molecule has 1 radical (unpaired) electrons. The van der Waals surface area contributed by atoms with E-state index in [-0.39, 0.29) is 17.1 Å². The Labute approximate surface area is 358 Å². The molecule has 7 aromatic rings. The van der Waals surface area contributed by atoms with Gasteiger partial charge in [-0.25, -0.2) is 36.9 Å². The van der Waals surface area contributed by atoms with Gasteiger partial charge in [0.2, 0.25) is 20.0 Å². The zero-order valence-electron chi connectivity index (χ0n) is 31.6. The molecule has 2 aliphatic rings. The van der Waals surface area contributed by atoms with Gasteiger partial charge in [-0.05, 0) is 33.7 Å². The molecular formula is C35H31CuN11O10S4. The van der Waals surface area contributed by atoms with Gasteiger partial charge >= 0.3 is 17.1 Å². The van der Waals surface area contributed by atoms with Crippen LogP contribution in [0.15, 0.2) is 91.1 Å². The van der Waals surface area contributed by atoms with Crippen molar-refractivity contribution in [2.45, 2.75) is 0 Å². The van der Waals surface area contributed by atoms with E-state index < -0.39 is 46.2 Å². The molecule has 26 heteroatoms. The molecule has 0 saturated carbocycles. The number of pyridine rings is 1. The Kier molecular flexibility index (Phi) is 13.8. The zero-order chi connectivity index (χ0) is 43.6. The molecule has 21 nitrogen and oxygen atoms in total. The topological polar surface area (TPSA) is 333 Å². The van der Waals surface area contributed by atoms with Crippen molar-refractivity contribution >= 4 is 84.4 Å². The Morgan fingerprint density at radius 1 is 0.541 bits per heavy atom. The smallest absolute Gasteiger partial charge is 0.357 e. The third-order valence-corrected chi connectivity index (χ3v) is 9.05. The largest absolute Gasteiger partial charge is 2.00 e. The maximum atomic E-state index is 10.2. The van der Waals surface area contributed by atoms with Crippen LogP contribution in [-0.4, -0.2) is 102 Å². The quantitative estimate of drug-likeness (QED) is 0.146. The number of aromatic nitrogens is 9. The molecule has 61 heavy (non-hydrogen) atoms. The van der Waals surface area contributed by atoms with E-state index in [2.05, 4.69) is 10.1 Å². The van der Waals surface area contributed by atoms with E-state index in [9.17, 15) is 33.7 Å². The molecule has 0 amide bonds. The van der Waals surface area contributed by atoms with Gasteiger partial charge in [-0.3, -0.25) is 14.1 Å². The van der Waals surface area contributed by atoms with Crippen molar-refractivity contribution < 1.29 is 59.8 Å². The van der Waals surface area contributed by atoms with E-state index in [1.54, 1.807) is 10.9 Å². The fraction of sp³-hybridized carbons (Fsp3) is 0.114. The molecule has 8 bridgehead atoms. The fourth-order valence-electron chi connectivity index (χ4n) is 5.52. The molecule has 0 spiro atoms. The van der Waals surface area contributed by atoms with E-state index in [1.807, 2.05) is 84.9 Å². The SMILES string of the molecule is CS(=O)(=O)NCS(=O)(=O)O.CS(=O)(=O)O.CS(N)(=O)=O.[Cu+2].c1ccc2c(c1)-c1nc-2nc2[n-]c(nc3[n-]c(nc4nc(n1)-c1ncccc1-4)c1ccccc31)c1ccccc21. The van der Waals surface area contributed by atoms with E-state index in [4.69, 9.17) is 49.0 Å². The average molecular weight is 958 g/mol. The molecule has 2 aliphatic heterocycles. The van der Waals surface area contributed by atoms with Crippen molar-refractivity contribution in [3.8, 4) is 45.7 Å². The average Bonchev–Trinajstić information content (AvgIpc) is 3.88. The van der Waals surface area contributed by atoms with Gasteiger partial charge in [0.25, 0.3) is 20.2 Å². The molecule has 0 fully saturated rings. The molecule has 5 N–H and O–H groups in total. The number of fused-ring (bicyclic) bond motifs is 20. The summed E-state index contributed by atoms with van der Waals surface area (Å²) >= 11 is 0. The third-order valence-electron chi connectivity index (χ3n) is 7.68. The van der Waals surface area contributed by atoms with Crippen LogP contribution < -0.4 is 19.8 Å². The van der Waals surface area contributed by atoms with Crippen molar-refractivity contribution in [2.24, 2.45) is 5.14 Å².